The van der Waals surface area contributed by atoms with Crippen LogP contribution in [0.5, 0.6) is 0 Å². The van der Waals surface area contributed by atoms with E-state index in [-0.39, 0.29) is 17.5 Å². The standard InChI is InChI=1S/C17H14Cl3NO2.C16H14ClNO.C15H15N.C3H3Cl3O3/c18-17(19,20)23-16(22)21-11-10-12-6-4-5-9-14(12)15(21)13-7-2-1-3-8-13;17-16(19)18-11-10-12-6-4-5-9-14(12)15(18)13-7-2-1-3-8-13;1-2-7-13(8-3-1)15-14-9-5-4-6-12(14)10-11-16-15;1-8-2(7)9-3(4,5)6/h1-9,15H,10-11H2;1-9,15H,10-11H2;1-9,15-16H,10-11H2;1H3/t3*15-;/m000./s1. The van der Waals surface area contributed by atoms with Crippen LogP contribution >= 0.6 is 81.2 Å². The molecule has 6 aromatic carbocycles. The van der Waals surface area contributed by atoms with Crippen molar-refractivity contribution >= 4 is 98.8 Å². The van der Waals surface area contributed by atoms with Crippen LogP contribution in [0.3, 0.4) is 0 Å². The number of fused-ring (bicyclic) bond motifs is 3. The van der Waals surface area contributed by atoms with Gasteiger partial charge in [-0.1, -0.05) is 164 Å². The van der Waals surface area contributed by atoms with Gasteiger partial charge in [0.15, 0.2) is 0 Å². The second-order valence-electron chi connectivity index (χ2n) is 15.2. The fourth-order valence-corrected chi connectivity index (χ4v) is 8.82. The van der Waals surface area contributed by atoms with Gasteiger partial charge in [-0.25, -0.2) is 9.59 Å². The van der Waals surface area contributed by atoms with Crippen LogP contribution in [-0.2, 0) is 33.5 Å². The Morgan fingerprint density at radius 2 is 0.896 bits per heavy atom. The maximum Gasteiger partial charge on any atom is 0.511 e. The number of halogens is 7. The van der Waals surface area contributed by atoms with Gasteiger partial charge >= 0.3 is 25.6 Å². The van der Waals surface area contributed by atoms with Crippen LogP contribution in [-0.4, -0.2) is 62.1 Å². The molecule has 1 N–H and O–H groups in total. The van der Waals surface area contributed by atoms with Crippen molar-refractivity contribution in [1.29, 1.82) is 0 Å². The second-order valence-corrected chi connectivity index (χ2v) is 19.9. The number of methoxy groups -OCH3 is 1. The average Bonchev–Trinajstić information content (AvgIpc) is 3.33. The zero-order chi connectivity index (χ0) is 48.0. The summed E-state index contributed by atoms with van der Waals surface area (Å²) in [6, 6.07) is 55.5. The van der Waals surface area contributed by atoms with Crippen LogP contribution in [0.4, 0.5) is 14.4 Å². The summed E-state index contributed by atoms with van der Waals surface area (Å²) in [5.74, 6) is 0. The molecule has 2 amide bonds. The second kappa shape index (κ2) is 24.6. The average molecular weight is 1050 g/mol. The molecule has 0 unspecified atom stereocenters. The first-order chi connectivity index (χ1) is 32.1. The fourth-order valence-electron chi connectivity index (χ4n) is 8.25. The van der Waals surface area contributed by atoms with E-state index in [2.05, 4.69) is 87.6 Å². The van der Waals surface area contributed by atoms with Gasteiger partial charge in [0, 0.05) is 19.6 Å². The number of nitrogens with one attached hydrogen (secondary N) is 1. The van der Waals surface area contributed by atoms with E-state index in [1.54, 1.807) is 9.80 Å². The first-order valence-electron chi connectivity index (χ1n) is 21.1. The first kappa shape index (κ1) is 51.7. The Morgan fingerprint density at radius 3 is 1.33 bits per heavy atom. The molecule has 0 radical (unpaired) electrons. The van der Waals surface area contributed by atoms with Crippen molar-refractivity contribution in [2.24, 2.45) is 0 Å². The quantitative estimate of drug-likeness (QED) is 0.0816. The Hall–Kier alpha value is -4.68. The van der Waals surface area contributed by atoms with E-state index in [4.69, 9.17) is 85.9 Å². The van der Waals surface area contributed by atoms with Crippen molar-refractivity contribution in [3.63, 3.8) is 0 Å². The summed E-state index contributed by atoms with van der Waals surface area (Å²) in [5, 5.41) is 3.21. The van der Waals surface area contributed by atoms with Crippen molar-refractivity contribution in [3.05, 3.63) is 214 Å². The Kier molecular flexibility index (Phi) is 19.0. The van der Waals surface area contributed by atoms with Crippen LogP contribution < -0.4 is 5.32 Å². The van der Waals surface area contributed by atoms with Crippen molar-refractivity contribution < 1.29 is 28.6 Å². The Labute approximate surface area is 425 Å². The molecule has 9 nitrogen and oxygen atoms in total. The smallest absolute Gasteiger partial charge is 0.438 e. The van der Waals surface area contributed by atoms with Gasteiger partial charge < -0.3 is 24.4 Å². The molecule has 0 bridgehead atoms. The summed E-state index contributed by atoms with van der Waals surface area (Å²) >= 11 is 37.6. The third-order valence-electron chi connectivity index (χ3n) is 11.1. The normalized spacial score (nSPS) is 17.1. The monoisotopic (exact) mass is 1040 g/mol. The van der Waals surface area contributed by atoms with Gasteiger partial charge in [0.25, 0.3) is 0 Å². The third-order valence-corrected chi connectivity index (χ3v) is 11.7. The van der Waals surface area contributed by atoms with Gasteiger partial charge in [0.2, 0.25) is 0 Å². The van der Waals surface area contributed by atoms with E-state index in [1.807, 2.05) is 91.0 Å². The number of carbonyl (C=O) groups excluding carboxylic acids is 3. The molecule has 3 aliphatic heterocycles. The number of alkyl halides is 6. The number of rotatable bonds is 3. The van der Waals surface area contributed by atoms with Crippen molar-refractivity contribution in [2.45, 2.75) is 45.3 Å². The van der Waals surface area contributed by atoms with Crippen LogP contribution in [0.15, 0.2) is 164 Å². The van der Waals surface area contributed by atoms with Gasteiger partial charge in [-0.3, -0.25) is 9.69 Å². The van der Waals surface area contributed by atoms with E-state index < -0.39 is 20.2 Å². The molecule has 0 saturated carbocycles. The van der Waals surface area contributed by atoms with E-state index >= 15 is 0 Å². The number of carbonyl (C=O) groups is 3. The summed E-state index contributed by atoms with van der Waals surface area (Å²) in [6.07, 6.45) is 1.05. The van der Waals surface area contributed by atoms with E-state index in [0.717, 1.165) is 49.6 Å². The molecule has 3 atom stereocenters. The van der Waals surface area contributed by atoms with Crippen LogP contribution in [0.25, 0.3) is 0 Å². The molecule has 0 spiro atoms. The Bertz CT molecular complexity index is 2550. The largest absolute Gasteiger partial charge is 0.511 e. The van der Waals surface area contributed by atoms with Crippen LogP contribution in [0.2, 0.25) is 0 Å². The molecule has 3 aliphatic rings. The molecule has 0 aromatic heterocycles. The molecule has 9 rings (SSSR count). The lowest BCUT2D eigenvalue weighted by molar-refractivity contribution is 0.0704. The maximum absolute atomic E-state index is 12.5. The van der Waals surface area contributed by atoms with Crippen LogP contribution in [0, 0.1) is 0 Å². The highest BCUT2D eigenvalue weighted by Gasteiger charge is 2.37. The van der Waals surface area contributed by atoms with Crippen molar-refractivity contribution in [1.82, 2.24) is 15.1 Å². The highest BCUT2D eigenvalue weighted by Crippen LogP contribution is 2.38. The van der Waals surface area contributed by atoms with Crippen LogP contribution in [0.1, 0.15) is 68.2 Å². The number of amides is 2. The number of benzene rings is 6. The minimum atomic E-state index is -2.07. The van der Waals surface area contributed by atoms with Gasteiger partial charge in [0.1, 0.15) is 0 Å². The highest BCUT2D eigenvalue weighted by molar-refractivity contribution is 6.67. The SMILES string of the molecule is COC(=O)OC(Cl)(Cl)Cl.O=C(Cl)N1CCc2ccccc2[C@@H]1c1ccccc1.O=C(OC(Cl)(Cl)Cl)N1CCc2ccccc2[C@@H]1c1ccccc1.c1ccc([C@@H]2NCCc3ccccc32)cc1. The lowest BCUT2D eigenvalue weighted by Gasteiger charge is -2.37. The summed E-state index contributed by atoms with van der Waals surface area (Å²) in [4.78, 5) is 37.6. The molecule has 67 heavy (non-hydrogen) atoms. The predicted molar refractivity (Wildman–Crippen MR) is 269 cm³/mol. The lowest BCUT2D eigenvalue weighted by Crippen LogP contribution is -2.42. The number of nitrogens with zero attached hydrogens (tertiary/aromatic N) is 2. The Morgan fingerprint density at radius 1 is 0.507 bits per heavy atom. The highest BCUT2D eigenvalue weighted by atomic mass is 35.6. The maximum atomic E-state index is 12.5. The van der Waals surface area contributed by atoms with Crippen molar-refractivity contribution in [3.8, 4) is 0 Å². The summed E-state index contributed by atoms with van der Waals surface area (Å²) in [7, 11) is 1.11. The molecule has 3 heterocycles. The topological polar surface area (TPSA) is 97.4 Å². The number of ether oxygens (including phenoxy) is 3. The predicted octanol–water partition coefficient (Wildman–Crippen LogP) is 14.1. The molecule has 16 heteroatoms. The minimum Gasteiger partial charge on any atom is -0.438 e. The molecule has 350 valence electrons. The number of hydrogen-bond acceptors (Lipinski definition) is 7. The zero-order valence-electron chi connectivity index (χ0n) is 36.1. The lowest BCUT2D eigenvalue weighted by atomic mass is 9.88. The van der Waals surface area contributed by atoms with Gasteiger partial charge in [-0.05, 0) is 151 Å². The molecule has 6 aromatic rings. The third kappa shape index (κ3) is 14.9. The summed E-state index contributed by atoms with van der Waals surface area (Å²) in [6.45, 7) is 2.23. The zero-order valence-corrected chi connectivity index (χ0v) is 41.3. The van der Waals surface area contributed by atoms with Crippen molar-refractivity contribution in [2.75, 3.05) is 26.7 Å². The molecular formula is C51H46Cl7N3O6. The fraction of sp³-hybridized carbons (Fsp3) is 0.235. The minimum absolute atomic E-state index is 0.0730. The Balaban J connectivity index is 0.000000154. The summed E-state index contributed by atoms with van der Waals surface area (Å²) < 4.78 is 8.85. The van der Waals surface area contributed by atoms with Gasteiger partial charge in [-0.2, -0.15) is 0 Å². The van der Waals surface area contributed by atoms with Gasteiger partial charge in [-0.15, -0.1) is 0 Å². The molecular weight excluding hydrogens is 999 g/mol. The molecule has 0 aliphatic carbocycles. The van der Waals surface area contributed by atoms with E-state index in [1.165, 1.54) is 33.4 Å². The van der Waals surface area contributed by atoms with Gasteiger partial charge in [0.05, 0.1) is 25.2 Å². The first-order valence-corrected chi connectivity index (χ1v) is 23.8. The molecule has 0 fully saturated rings. The van der Waals surface area contributed by atoms with E-state index in [9.17, 15) is 14.4 Å². The number of hydrogen-bond donors (Lipinski definition) is 1. The molecule has 0 saturated heterocycles. The summed E-state index contributed by atoms with van der Waals surface area (Å²) in [5.41, 5.74) is 11.1. The van der Waals surface area contributed by atoms with E-state index in [0.29, 0.717) is 19.1 Å².